The van der Waals surface area contributed by atoms with Gasteiger partial charge in [0.15, 0.2) is 0 Å². The Morgan fingerprint density at radius 1 is 1.33 bits per heavy atom. The van der Waals surface area contributed by atoms with Crippen LogP contribution in [0.4, 0.5) is 0 Å². The summed E-state index contributed by atoms with van der Waals surface area (Å²) in [7, 11) is 0. The summed E-state index contributed by atoms with van der Waals surface area (Å²) in [6.45, 7) is 6.91. The Hall–Kier alpha value is -0.120. The smallest absolute Gasteiger partial charge is 0.0697 e. The number of hydrogen-bond acceptors (Lipinski definition) is 3. The average molecular weight is 255 g/mol. The quantitative estimate of drug-likeness (QED) is 0.819. The molecule has 1 aliphatic heterocycles. The van der Waals surface area contributed by atoms with Gasteiger partial charge in [0, 0.05) is 25.8 Å². The van der Waals surface area contributed by atoms with Gasteiger partial charge in [-0.25, -0.2) is 0 Å². The first-order valence-corrected chi connectivity index (χ1v) is 7.73. The van der Waals surface area contributed by atoms with Gasteiger partial charge in [-0.2, -0.15) is 0 Å². The minimum atomic E-state index is 0.211. The van der Waals surface area contributed by atoms with Crippen molar-refractivity contribution in [3.63, 3.8) is 0 Å². The highest BCUT2D eigenvalue weighted by atomic mass is 16.5. The Labute approximate surface area is 112 Å². The van der Waals surface area contributed by atoms with E-state index in [1.807, 2.05) is 0 Å². The molecule has 2 atom stereocenters. The molecule has 1 saturated heterocycles. The maximum absolute atomic E-state index is 6.12. The zero-order valence-electron chi connectivity index (χ0n) is 12.0. The Bertz CT molecular complexity index is 233. The molecule has 2 rings (SSSR count). The van der Waals surface area contributed by atoms with Gasteiger partial charge >= 0.3 is 0 Å². The van der Waals surface area contributed by atoms with Crippen LogP contribution < -0.4 is 5.32 Å². The summed E-state index contributed by atoms with van der Waals surface area (Å²) in [5.41, 5.74) is 0.211. The Morgan fingerprint density at radius 3 is 2.83 bits per heavy atom. The maximum atomic E-state index is 6.12. The van der Waals surface area contributed by atoms with E-state index < -0.39 is 0 Å². The predicted octanol–water partition coefficient (Wildman–Crippen LogP) is 2.88. The van der Waals surface area contributed by atoms with E-state index in [9.17, 15) is 0 Å². The average Bonchev–Trinajstić information content (AvgIpc) is 2.38. The second kappa shape index (κ2) is 6.88. The van der Waals surface area contributed by atoms with Gasteiger partial charge in [-0.3, -0.25) is 0 Å². The molecule has 1 heterocycles. The third-order valence-electron chi connectivity index (χ3n) is 4.40. The van der Waals surface area contributed by atoms with Crippen LogP contribution in [-0.2, 0) is 9.47 Å². The Balaban J connectivity index is 1.76. The van der Waals surface area contributed by atoms with E-state index in [-0.39, 0.29) is 5.60 Å². The van der Waals surface area contributed by atoms with Crippen LogP contribution in [0.1, 0.15) is 58.8 Å². The van der Waals surface area contributed by atoms with Crippen LogP contribution in [0.3, 0.4) is 0 Å². The first-order valence-electron chi connectivity index (χ1n) is 7.73. The fourth-order valence-electron chi connectivity index (χ4n) is 3.42. The SMILES string of the molecule is CCOC(C)CNC1CCOC2(CCCCC2)C1. The minimum Gasteiger partial charge on any atom is -0.377 e. The monoisotopic (exact) mass is 255 g/mol. The molecule has 0 bridgehead atoms. The summed E-state index contributed by atoms with van der Waals surface area (Å²) in [5, 5.41) is 3.67. The molecule has 0 aromatic heterocycles. The molecule has 2 aliphatic rings. The van der Waals surface area contributed by atoms with Crippen LogP contribution in [0.25, 0.3) is 0 Å². The van der Waals surface area contributed by atoms with Gasteiger partial charge < -0.3 is 14.8 Å². The Kier molecular flexibility index (Phi) is 5.46. The second-order valence-electron chi connectivity index (χ2n) is 5.96. The molecule has 3 heteroatoms. The van der Waals surface area contributed by atoms with E-state index in [4.69, 9.17) is 9.47 Å². The zero-order chi connectivity index (χ0) is 12.8. The molecule has 0 radical (unpaired) electrons. The van der Waals surface area contributed by atoms with Gasteiger partial charge in [-0.15, -0.1) is 0 Å². The van der Waals surface area contributed by atoms with E-state index in [2.05, 4.69) is 19.2 Å². The fourth-order valence-corrected chi connectivity index (χ4v) is 3.42. The van der Waals surface area contributed by atoms with E-state index in [1.54, 1.807) is 0 Å². The summed E-state index contributed by atoms with van der Waals surface area (Å²) in [6, 6.07) is 0.625. The van der Waals surface area contributed by atoms with Crippen LogP contribution in [0, 0.1) is 0 Å². The van der Waals surface area contributed by atoms with E-state index >= 15 is 0 Å². The molecule has 2 fully saturated rings. The molecule has 2 unspecified atom stereocenters. The summed E-state index contributed by atoms with van der Waals surface area (Å²) >= 11 is 0. The highest BCUT2D eigenvalue weighted by Crippen LogP contribution is 2.38. The standard InChI is InChI=1S/C15H29NO2/c1-3-17-13(2)12-16-14-7-10-18-15(11-14)8-5-4-6-9-15/h13-14,16H,3-12H2,1-2H3. The first-order chi connectivity index (χ1) is 8.74. The Morgan fingerprint density at radius 2 is 2.11 bits per heavy atom. The van der Waals surface area contributed by atoms with Crippen molar-refractivity contribution in [2.45, 2.75) is 76.5 Å². The normalized spacial score (nSPS) is 29.3. The summed E-state index contributed by atoms with van der Waals surface area (Å²) in [4.78, 5) is 0. The lowest BCUT2D eigenvalue weighted by Crippen LogP contribution is -2.49. The lowest BCUT2D eigenvalue weighted by molar-refractivity contribution is -0.109. The van der Waals surface area contributed by atoms with Crippen molar-refractivity contribution in [2.75, 3.05) is 19.8 Å². The molecular weight excluding hydrogens is 226 g/mol. The molecule has 0 aromatic rings. The third-order valence-corrected chi connectivity index (χ3v) is 4.40. The van der Waals surface area contributed by atoms with E-state index in [0.717, 1.165) is 26.2 Å². The molecule has 1 N–H and O–H groups in total. The van der Waals surface area contributed by atoms with Crippen LogP contribution >= 0.6 is 0 Å². The van der Waals surface area contributed by atoms with Gasteiger partial charge in [0.05, 0.1) is 11.7 Å². The van der Waals surface area contributed by atoms with Gasteiger partial charge in [0.1, 0.15) is 0 Å². The fraction of sp³-hybridized carbons (Fsp3) is 1.00. The number of ether oxygens (including phenoxy) is 2. The zero-order valence-corrected chi connectivity index (χ0v) is 12.0. The highest BCUT2D eigenvalue weighted by molar-refractivity contribution is 4.92. The van der Waals surface area contributed by atoms with E-state index in [0.29, 0.717) is 12.1 Å². The lowest BCUT2D eigenvalue weighted by Gasteiger charge is -2.44. The van der Waals surface area contributed by atoms with Crippen molar-refractivity contribution in [2.24, 2.45) is 0 Å². The maximum Gasteiger partial charge on any atom is 0.0697 e. The highest BCUT2D eigenvalue weighted by Gasteiger charge is 2.38. The van der Waals surface area contributed by atoms with Crippen LogP contribution in [-0.4, -0.2) is 37.5 Å². The van der Waals surface area contributed by atoms with Crippen molar-refractivity contribution >= 4 is 0 Å². The van der Waals surface area contributed by atoms with Gasteiger partial charge in [-0.05, 0) is 39.5 Å². The first kappa shape index (κ1) is 14.3. The summed E-state index contributed by atoms with van der Waals surface area (Å²) in [5.74, 6) is 0. The molecule has 3 nitrogen and oxygen atoms in total. The predicted molar refractivity (Wildman–Crippen MR) is 73.9 cm³/mol. The van der Waals surface area contributed by atoms with Crippen molar-refractivity contribution in [3.8, 4) is 0 Å². The van der Waals surface area contributed by atoms with Crippen LogP contribution in [0.2, 0.25) is 0 Å². The molecule has 106 valence electrons. The second-order valence-corrected chi connectivity index (χ2v) is 5.96. The van der Waals surface area contributed by atoms with Crippen molar-refractivity contribution in [3.05, 3.63) is 0 Å². The molecule has 18 heavy (non-hydrogen) atoms. The van der Waals surface area contributed by atoms with Crippen molar-refractivity contribution < 1.29 is 9.47 Å². The van der Waals surface area contributed by atoms with E-state index in [1.165, 1.54) is 38.5 Å². The number of nitrogens with one attached hydrogen (secondary N) is 1. The lowest BCUT2D eigenvalue weighted by atomic mass is 9.78. The largest absolute Gasteiger partial charge is 0.377 e. The molecule has 0 amide bonds. The van der Waals surface area contributed by atoms with Gasteiger partial charge in [0.2, 0.25) is 0 Å². The molecule has 1 saturated carbocycles. The molecule has 0 aromatic carbocycles. The van der Waals surface area contributed by atoms with Crippen molar-refractivity contribution in [1.29, 1.82) is 0 Å². The molecule has 1 aliphatic carbocycles. The summed E-state index contributed by atoms with van der Waals surface area (Å²) < 4.78 is 11.7. The summed E-state index contributed by atoms with van der Waals surface area (Å²) in [6.07, 6.45) is 9.31. The van der Waals surface area contributed by atoms with Crippen molar-refractivity contribution in [1.82, 2.24) is 5.32 Å². The number of hydrogen-bond donors (Lipinski definition) is 1. The third kappa shape index (κ3) is 3.94. The molecule has 1 spiro atoms. The van der Waals surface area contributed by atoms with Crippen LogP contribution in [0.5, 0.6) is 0 Å². The minimum absolute atomic E-state index is 0.211. The van der Waals surface area contributed by atoms with Crippen LogP contribution in [0.15, 0.2) is 0 Å². The van der Waals surface area contributed by atoms with Gasteiger partial charge in [-0.1, -0.05) is 19.3 Å². The number of rotatable bonds is 5. The topological polar surface area (TPSA) is 30.5 Å². The van der Waals surface area contributed by atoms with Gasteiger partial charge in [0.25, 0.3) is 0 Å². The molecular formula is C15H29NO2.